The maximum atomic E-state index is 6.04. The SMILES string of the molecule is COCCn1c(C2CCCO2)nc2cc(Cl)ccc21. The van der Waals surface area contributed by atoms with Crippen LogP contribution >= 0.6 is 11.6 Å². The summed E-state index contributed by atoms with van der Waals surface area (Å²) in [6, 6.07) is 5.81. The number of aromatic nitrogens is 2. The highest BCUT2D eigenvalue weighted by molar-refractivity contribution is 6.31. The van der Waals surface area contributed by atoms with Crippen molar-refractivity contribution in [3.05, 3.63) is 29.0 Å². The van der Waals surface area contributed by atoms with E-state index in [9.17, 15) is 0 Å². The number of imidazole rings is 1. The van der Waals surface area contributed by atoms with E-state index in [0.29, 0.717) is 11.6 Å². The summed E-state index contributed by atoms with van der Waals surface area (Å²) in [5.41, 5.74) is 2.01. The van der Waals surface area contributed by atoms with Crippen molar-refractivity contribution in [2.75, 3.05) is 20.3 Å². The molecule has 1 aromatic heterocycles. The molecule has 4 nitrogen and oxygen atoms in total. The Morgan fingerprint density at radius 3 is 3.16 bits per heavy atom. The summed E-state index contributed by atoms with van der Waals surface area (Å²) < 4.78 is 13.1. The average Bonchev–Trinajstić information content (AvgIpc) is 3.02. The molecule has 2 aromatic rings. The lowest BCUT2D eigenvalue weighted by atomic mass is 10.2. The van der Waals surface area contributed by atoms with Crippen LogP contribution in [0.4, 0.5) is 0 Å². The lowest BCUT2D eigenvalue weighted by Gasteiger charge is -2.13. The minimum absolute atomic E-state index is 0.100. The number of halogens is 1. The Morgan fingerprint density at radius 1 is 1.53 bits per heavy atom. The Hall–Kier alpha value is -1.10. The van der Waals surface area contributed by atoms with Crippen LogP contribution in [0.5, 0.6) is 0 Å². The first-order valence-electron chi connectivity index (χ1n) is 6.56. The van der Waals surface area contributed by atoms with E-state index in [-0.39, 0.29) is 6.10 Å². The predicted molar refractivity (Wildman–Crippen MR) is 74.5 cm³/mol. The summed E-state index contributed by atoms with van der Waals surface area (Å²) in [6.07, 6.45) is 2.23. The van der Waals surface area contributed by atoms with Crippen molar-refractivity contribution >= 4 is 22.6 Å². The van der Waals surface area contributed by atoms with E-state index in [0.717, 1.165) is 42.9 Å². The van der Waals surface area contributed by atoms with Crippen molar-refractivity contribution in [2.45, 2.75) is 25.5 Å². The fraction of sp³-hybridized carbons (Fsp3) is 0.500. The fourth-order valence-corrected chi connectivity index (χ4v) is 2.73. The summed E-state index contributed by atoms with van der Waals surface area (Å²) in [5.74, 6) is 0.992. The molecule has 1 aliphatic rings. The van der Waals surface area contributed by atoms with Crippen molar-refractivity contribution < 1.29 is 9.47 Å². The van der Waals surface area contributed by atoms with Gasteiger partial charge >= 0.3 is 0 Å². The Bertz CT molecular complexity index is 576. The molecule has 2 heterocycles. The van der Waals surface area contributed by atoms with Gasteiger partial charge in [-0.2, -0.15) is 0 Å². The van der Waals surface area contributed by atoms with Gasteiger partial charge in [0, 0.05) is 25.3 Å². The Morgan fingerprint density at radius 2 is 2.42 bits per heavy atom. The monoisotopic (exact) mass is 280 g/mol. The van der Waals surface area contributed by atoms with Gasteiger partial charge in [-0.05, 0) is 31.0 Å². The number of benzene rings is 1. The number of rotatable bonds is 4. The summed E-state index contributed by atoms with van der Waals surface area (Å²) in [7, 11) is 1.71. The quantitative estimate of drug-likeness (QED) is 0.863. The summed E-state index contributed by atoms with van der Waals surface area (Å²) >= 11 is 6.04. The van der Waals surface area contributed by atoms with Crippen LogP contribution in [0.15, 0.2) is 18.2 Å². The number of hydrogen-bond donors (Lipinski definition) is 0. The van der Waals surface area contributed by atoms with Gasteiger partial charge in [-0.15, -0.1) is 0 Å². The third-order valence-corrected chi connectivity index (χ3v) is 3.71. The minimum Gasteiger partial charge on any atom is -0.383 e. The van der Waals surface area contributed by atoms with Crippen molar-refractivity contribution in [3.8, 4) is 0 Å². The van der Waals surface area contributed by atoms with Crippen LogP contribution in [-0.2, 0) is 16.0 Å². The second kappa shape index (κ2) is 5.49. The molecule has 0 amide bonds. The Balaban J connectivity index is 2.06. The molecule has 1 aromatic carbocycles. The molecule has 1 fully saturated rings. The van der Waals surface area contributed by atoms with E-state index in [1.807, 2.05) is 18.2 Å². The van der Waals surface area contributed by atoms with Gasteiger partial charge in [0.2, 0.25) is 0 Å². The number of nitrogens with zero attached hydrogens (tertiary/aromatic N) is 2. The lowest BCUT2D eigenvalue weighted by molar-refractivity contribution is 0.100. The van der Waals surface area contributed by atoms with E-state index in [1.54, 1.807) is 7.11 Å². The second-order valence-electron chi connectivity index (χ2n) is 4.75. The fourth-order valence-electron chi connectivity index (χ4n) is 2.57. The molecule has 1 unspecified atom stereocenters. The molecule has 3 rings (SSSR count). The number of fused-ring (bicyclic) bond motifs is 1. The molecule has 0 aliphatic carbocycles. The zero-order valence-electron chi connectivity index (χ0n) is 10.9. The largest absolute Gasteiger partial charge is 0.383 e. The van der Waals surface area contributed by atoms with E-state index in [4.69, 9.17) is 26.1 Å². The smallest absolute Gasteiger partial charge is 0.139 e. The van der Waals surface area contributed by atoms with Crippen LogP contribution in [0.1, 0.15) is 24.8 Å². The highest BCUT2D eigenvalue weighted by atomic mass is 35.5. The first kappa shape index (κ1) is 12.9. The standard InChI is InChI=1S/C14H17ClN2O2/c1-18-8-6-17-12-5-4-10(15)9-11(12)16-14(17)13-3-2-7-19-13/h4-5,9,13H,2-3,6-8H2,1H3. The Labute approximate surface area is 117 Å². The third-order valence-electron chi connectivity index (χ3n) is 3.48. The zero-order valence-corrected chi connectivity index (χ0v) is 11.7. The number of methoxy groups -OCH3 is 1. The topological polar surface area (TPSA) is 36.3 Å². The second-order valence-corrected chi connectivity index (χ2v) is 5.19. The van der Waals surface area contributed by atoms with Gasteiger partial charge in [-0.1, -0.05) is 11.6 Å². The summed E-state index contributed by atoms with van der Waals surface area (Å²) in [6.45, 7) is 2.26. The molecule has 1 saturated heterocycles. The van der Waals surface area contributed by atoms with Crippen LogP contribution in [0.25, 0.3) is 11.0 Å². The van der Waals surface area contributed by atoms with Crippen molar-refractivity contribution in [3.63, 3.8) is 0 Å². The van der Waals surface area contributed by atoms with Crippen LogP contribution in [0.2, 0.25) is 5.02 Å². The van der Waals surface area contributed by atoms with Gasteiger partial charge in [0.1, 0.15) is 11.9 Å². The maximum absolute atomic E-state index is 6.04. The van der Waals surface area contributed by atoms with Crippen molar-refractivity contribution in [1.29, 1.82) is 0 Å². The van der Waals surface area contributed by atoms with Gasteiger partial charge in [0.25, 0.3) is 0 Å². The van der Waals surface area contributed by atoms with Crippen LogP contribution < -0.4 is 0 Å². The van der Waals surface area contributed by atoms with Crippen LogP contribution in [0.3, 0.4) is 0 Å². The van der Waals surface area contributed by atoms with Crippen LogP contribution in [-0.4, -0.2) is 29.9 Å². The first-order valence-corrected chi connectivity index (χ1v) is 6.93. The van der Waals surface area contributed by atoms with E-state index in [1.165, 1.54) is 0 Å². The molecular formula is C14H17ClN2O2. The molecule has 102 valence electrons. The van der Waals surface area contributed by atoms with Gasteiger partial charge < -0.3 is 14.0 Å². The number of hydrogen-bond acceptors (Lipinski definition) is 3. The molecule has 0 N–H and O–H groups in total. The van der Waals surface area contributed by atoms with Gasteiger partial charge in [0.05, 0.1) is 17.6 Å². The van der Waals surface area contributed by atoms with Crippen molar-refractivity contribution in [2.24, 2.45) is 0 Å². The first-order chi connectivity index (χ1) is 9.29. The van der Waals surface area contributed by atoms with Crippen LogP contribution in [0, 0.1) is 0 Å². The molecule has 0 radical (unpaired) electrons. The van der Waals surface area contributed by atoms with E-state index >= 15 is 0 Å². The molecule has 0 bridgehead atoms. The van der Waals surface area contributed by atoms with Crippen molar-refractivity contribution in [1.82, 2.24) is 9.55 Å². The molecule has 1 atom stereocenters. The average molecular weight is 281 g/mol. The van der Waals surface area contributed by atoms with E-state index in [2.05, 4.69) is 4.57 Å². The molecule has 0 spiro atoms. The molecular weight excluding hydrogens is 264 g/mol. The highest BCUT2D eigenvalue weighted by Crippen LogP contribution is 2.31. The molecule has 5 heteroatoms. The normalized spacial score (nSPS) is 19.4. The maximum Gasteiger partial charge on any atom is 0.139 e. The van der Waals surface area contributed by atoms with Gasteiger partial charge in [-0.3, -0.25) is 0 Å². The molecule has 19 heavy (non-hydrogen) atoms. The lowest BCUT2D eigenvalue weighted by Crippen LogP contribution is -2.11. The minimum atomic E-state index is 0.100. The Kier molecular flexibility index (Phi) is 3.73. The molecule has 1 aliphatic heterocycles. The number of ether oxygens (including phenoxy) is 2. The van der Waals surface area contributed by atoms with Gasteiger partial charge in [0.15, 0.2) is 0 Å². The zero-order chi connectivity index (χ0) is 13.2. The third kappa shape index (κ3) is 2.48. The molecule has 0 saturated carbocycles. The predicted octanol–water partition coefficient (Wildman–Crippen LogP) is 3.19. The van der Waals surface area contributed by atoms with Gasteiger partial charge in [-0.25, -0.2) is 4.98 Å². The van der Waals surface area contributed by atoms with E-state index < -0.39 is 0 Å². The highest BCUT2D eigenvalue weighted by Gasteiger charge is 2.24. The summed E-state index contributed by atoms with van der Waals surface area (Å²) in [5, 5.41) is 0.711. The summed E-state index contributed by atoms with van der Waals surface area (Å²) in [4.78, 5) is 4.71.